The van der Waals surface area contributed by atoms with Gasteiger partial charge >= 0.3 is 7.60 Å². The lowest BCUT2D eigenvalue weighted by molar-refractivity contribution is 0.367. The van der Waals surface area contributed by atoms with E-state index in [4.69, 9.17) is 9.79 Å². The Kier molecular flexibility index (Phi) is 4.42. The smallest absolute Gasteiger partial charge is 0.324 e. The Hall–Kier alpha value is 0.110. The minimum Gasteiger partial charge on any atom is -0.324 e. The zero-order valence-corrected chi connectivity index (χ0v) is 8.77. The predicted molar refractivity (Wildman–Crippen MR) is 49.3 cm³/mol. The van der Waals surface area contributed by atoms with E-state index in [9.17, 15) is 4.57 Å². The molecule has 74 valence electrons. The van der Waals surface area contributed by atoms with Gasteiger partial charge in [-0.1, -0.05) is 0 Å². The molecule has 0 spiro atoms. The molecule has 5 heteroatoms. The van der Waals surface area contributed by atoms with Crippen molar-refractivity contribution in [3.63, 3.8) is 0 Å². The van der Waals surface area contributed by atoms with Gasteiger partial charge in [0.25, 0.3) is 0 Å². The van der Waals surface area contributed by atoms with Crippen LogP contribution in [-0.2, 0) is 4.57 Å². The van der Waals surface area contributed by atoms with Gasteiger partial charge in [-0.05, 0) is 33.7 Å². The van der Waals surface area contributed by atoms with Gasteiger partial charge in [-0.25, -0.2) is 0 Å². The molecule has 0 aliphatic heterocycles. The van der Waals surface area contributed by atoms with Gasteiger partial charge in [0.05, 0.1) is 6.16 Å². The van der Waals surface area contributed by atoms with Crippen LogP contribution in [0.15, 0.2) is 0 Å². The van der Waals surface area contributed by atoms with Crippen LogP contribution in [-0.4, -0.2) is 28.0 Å². The molecule has 0 aromatic rings. The van der Waals surface area contributed by atoms with Crippen LogP contribution in [0.5, 0.6) is 0 Å². The topological polar surface area (TPSA) is 69.6 Å². The third kappa shape index (κ3) is 10.1. The molecular formula is C7H18NO3P. The van der Waals surface area contributed by atoms with Crippen LogP contribution in [0.2, 0.25) is 0 Å². The van der Waals surface area contributed by atoms with Crippen molar-refractivity contribution in [2.24, 2.45) is 0 Å². The van der Waals surface area contributed by atoms with Crippen molar-refractivity contribution in [3.05, 3.63) is 0 Å². The van der Waals surface area contributed by atoms with Crippen LogP contribution in [0.25, 0.3) is 0 Å². The minimum absolute atomic E-state index is 0.0227. The Morgan fingerprint density at radius 3 is 2.17 bits per heavy atom. The van der Waals surface area contributed by atoms with E-state index < -0.39 is 7.60 Å². The highest BCUT2D eigenvalue weighted by molar-refractivity contribution is 7.51. The van der Waals surface area contributed by atoms with E-state index >= 15 is 0 Å². The van der Waals surface area contributed by atoms with Crippen LogP contribution in [0, 0.1) is 0 Å². The molecule has 0 saturated heterocycles. The van der Waals surface area contributed by atoms with Gasteiger partial charge in [0, 0.05) is 5.54 Å². The number of rotatable bonds is 4. The molecule has 0 aromatic heterocycles. The fourth-order valence-corrected chi connectivity index (χ4v) is 1.32. The van der Waals surface area contributed by atoms with Crippen molar-refractivity contribution in [2.45, 2.75) is 32.7 Å². The maximum atomic E-state index is 10.4. The summed E-state index contributed by atoms with van der Waals surface area (Å²) in [6.45, 7) is 6.70. The third-order valence-corrected chi connectivity index (χ3v) is 2.18. The Balaban J connectivity index is 3.41. The fourth-order valence-electron chi connectivity index (χ4n) is 0.748. The monoisotopic (exact) mass is 195 g/mol. The molecule has 0 saturated carbocycles. The summed E-state index contributed by atoms with van der Waals surface area (Å²) in [4.78, 5) is 17.1. The molecule has 3 N–H and O–H groups in total. The minimum atomic E-state index is -3.79. The molecule has 0 aromatic carbocycles. The number of hydrogen-bond acceptors (Lipinski definition) is 2. The van der Waals surface area contributed by atoms with E-state index in [1.807, 2.05) is 20.8 Å². The Labute approximate surface area is 73.5 Å². The van der Waals surface area contributed by atoms with E-state index in [0.717, 1.165) is 0 Å². The first kappa shape index (κ1) is 12.1. The molecule has 0 unspecified atom stereocenters. The maximum absolute atomic E-state index is 10.4. The second-order valence-electron chi connectivity index (χ2n) is 3.92. The second kappa shape index (κ2) is 4.38. The van der Waals surface area contributed by atoms with E-state index in [0.29, 0.717) is 13.0 Å². The van der Waals surface area contributed by atoms with Crippen molar-refractivity contribution >= 4 is 7.60 Å². The standard InChI is InChI=1S/C7H18NO3P/c1-7(2,3)8-5-4-6-12(9,10)11/h8H,4-6H2,1-3H3,(H2,9,10,11). The normalized spacial score (nSPS) is 13.4. The molecule has 0 rings (SSSR count). The van der Waals surface area contributed by atoms with E-state index in [1.165, 1.54) is 0 Å². The maximum Gasteiger partial charge on any atom is 0.325 e. The molecule has 0 radical (unpaired) electrons. The average Bonchev–Trinajstić information content (AvgIpc) is 1.76. The van der Waals surface area contributed by atoms with Gasteiger partial charge in [0.2, 0.25) is 0 Å². The molecule has 0 bridgehead atoms. The van der Waals surface area contributed by atoms with Crippen molar-refractivity contribution in [3.8, 4) is 0 Å². The van der Waals surface area contributed by atoms with Crippen molar-refractivity contribution in [1.29, 1.82) is 0 Å². The first-order chi connectivity index (χ1) is 5.21. The highest BCUT2D eigenvalue weighted by atomic mass is 31.2. The van der Waals surface area contributed by atoms with Crippen LogP contribution >= 0.6 is 7.60 Å². The van der Waals surface area contributed by atoms with E-state index in [2.05, 4.69) is 5.32 Å². The lowest BCUT2D eigenvalue weighted by atomic mass is 10.1. The van der Waals surface area contributed by atoms with Crippen LogP contribution < -0.4 is 5.32 Å². The highest BCUT2D eigenvalue weighted by Crippen LogP contribution is 2.34. The average molecular weight is 195 g/mol. The summed E-state index contributed by atoms with van der Waals surface area (Å²) in [7, 11) is -3.79. The SMILES string of the molecule is CC(C)(C)NCCCP(=O)(O)O. The van der Waals surface area contributed by atoms with Crippen molar-refractivity contribution < 1.29 is 14.4 Å². The fraction of sp³-hybridized carbons (Fsp3) is 1.00. The summed E-state index contributed by atoms with van der Waals surface area (Å²) < 4.78 is 10.4. The van der Waals surface area contributed by atoms with Gasteiger partial charge < -0.3 is 15.1 Å². The predicted octanol–water partition coefficient (Wildman–Crippen LogP) is 0.942. The Morgan fingerprint density at radius 1 is 1.33 bits per heavy atom. The van der Waals surface area contributed by atoms with Crippen molar-refractivity contribution in [1.82, 2.24) is 5.32 Å². The quantitative estimate of drug-likeness (QED) is 0.461. The van der Waals surface area contributed by atoms with Crippen molar-refractivity contribution in [2.75, 3.05) is 12.7 Å². The lowest BCUT2D eigenvalue weighted by Crippen LogP contribution is -2.36. The van der Waals surface area contributed by atoms with Gasteiger partial charge in [-0.15, -0.1) is 0 Å². The van der Waals surface area contributed by atoms with E-state index in [1.54, 1.807) is 0 Å². The Bertz CT molecular complexity index is 170. The van der Waals surface area contributed by atoms with Gasteiger partial charge in [0.15, 0.2) is 0 Å². The molecule has 0 fully saturated rings. The molecular weight excluding hydrogens is 177 g/mol. The van der Waals surface area contributed by atoms with Gasteiger partial charge in [-0.2, -0.15) is 0 Å². The summed E-state index contributed by atoms with van der Waals surface area (Å²) in [6.07, 6.45) is 0.484. The molecule has 4 nitrogen and oxygen atoms in total. The van der Waals surface area contributed by atoms with Crippen LogP contribution in [0.4, 0.5) is 0 Å². The molecule has 0 aliphatic carbocycles. The highest BCUT2D eigenvalue weighted by Gasteiger charge is 2.13. The summed E-state index contributed by atoms with van der Waals surface area (Å²) in [6, 6.07) is 0. The molecule has 0 atom stereocenters. The second-order valence-corrected chi connectivity index (χ2v) is 5.70. The summed E-state index contributed by atoms with van der Waals surface area (Å²) in [5.74, 6) is 0. The largest absolute Gasteiger partial charge is 0.325 e. The zero-order valence-electron chi connectivity index (χ0n) is 7.87. The van der Waals surface area contributed by atoms with Crippen LogP contribution in [0.3, 0.4) is 0 Å². The molecule has 0 aliphatic rings. The lowest BCUT2D eigenvalue weighted by Gasteiger charge is -2.20. The number of hydrogen-bond donors (Lipinski definition) is 3. The summed E-state index contributed by atoms with van der Waals surface area (Å²) in [5, 5.41) is 3.15. The molecule has 12 heavy (non-hydrogen) atoms. The molecule has 0 heterocycles. The zero-order chi connectivity index (χ0) is 9.83. The third-order valence-electron chi connectivity index (χ3n) is 1.28. The first-order valence-corrected chi connectivity index (χ1v) is 5.80. The van der Waals surface area contributed by atoms with E-state index in [-0.39, 0.29) is 11.7 Å². The Morgan fingerprint density at radius 2 is 1.83 bits per heavy atom. The molecule has 0 amide bonds. The van der Waals surface area contributed by atoms with Gasteiger partial charge in [0.1, 0.15) is 0 Å². The number of nitrogens with one attached hydrogen (secondary N) is 1. The first-order valence-electron chi connectivity index (χ1n) is 4.00. The van der Waals surface area contributed by atoms with Gasteiger partial charge in [-0.3, -0.25) is 4.57 Å². The van der Waals surface area contributed by atoms with Crippen LogP contribution in [0.1, 0.15) is 27.2 Å². The summed E-state index contributed by atoms with van der Waals surface area (Å²) >= 11 is 0. The summed E-state index contributed by atoms with van der Waals surface area (Å²) in [5.41, 5.74) is 0.0227.